The van der Waals surface area contributed by atoms with Gasteiger partial charge in [-0.15, -0.1) is 0 Å². The predicted molar refractivity (Wildman–Crippen MR) is 43.9 cm³/mol. The van der Waals surface area contributed by atoms with E-state index in [4.69, 9.17) is 4.84 Å². The van der Waals surface area contributed by atoms with Gasteiger partial charge in [0.15, 0.2) is 0 Å². The van der Waals surface area contributed by atoms with Crippen LogP contribution in [0.25, 0.3) is 0 Å². The molecule has 11 heavy (non-hydrogen) atoms. The molecule has 3 heteroatoms. The average Bonchev–Trinajstić information content (AvgIpc) is 1.87. The van der Waals surface area contributed by atoms with E-state index in [2.05, 4.69) is 13.8 Å². The highest BCUT2D eigenvalue weighted by Gasteiger charge is 2.16. The van der Waals surface area contributed by atoms with E-state index < -0.39 is 0 Å². The van der Waals surface area contributed by atoms with Crippen LogP contribution in [0.2, 0.25) is 0 Å². The Kier molecular flexibility index (Phi) is 5.84. The molecular formula is C8H17NO2+. The third-order valence-corrected chi connectivity index (χ3v) is 1.20. The summed E-state index contributed by atoms with van der Waals surface area (Å²) in [5.74, 6) is -0.230. The molecule has 0 aliphatic heterocycles. The molecule has 0 bridgehead atoms. The lowest BCUT2D eigenvalue weighted by Gasteiger charge is -2.09. The molecule has 0 atom stereocenters. The number of carbonyl (C=O) groups is 1. The summed E-state index contributed by atoms with van der Waals surface area (Å²) in [6.07, 6.45) is 2.01. The molecule has 0 saturated carbocycles. The van der Waals surface area contributed by atoms with Crippen LogP contribution in [0.3, 0.4) is 0 Å². The molecule has 0 aromatic carbocycles. The van der Waals surface area contributed by atoms with Crippen molar-refractivity contribution in [2.45, 2.75) is 33.6 Å². The van der Waals surface area contributed by atoms with E-state index in [0.29, 0.717) is 0 Å². The SMILES string of the molecule is CCCN(CCC)OC(C)=[O+]. The number of carbonyl (C=O) groups excluding carboxylic acids is 1. The van der Waals surface area contributed by atoms with E-state index in [1.54, 1.807) is 5.06 Å². The van der Waals surface area contributed by atoms with Crippen molar-refractivity contribution in [1.82, 2.24) is 5.06 Å². The summed E-state index contributed by atoms with van der Waals surface area (Å²) in [7, 11) is 0. The normalized spacial score (nSPS) is 10.2. The van der Waals surface area contributed by atoms with Crippen LogP contribution in [0, 0.1) is 0 Å². The van der Waals surface area contributed by atoms with Crippen molar-refractivity contribution in [2.24, 2.45) is 0 Å². The number of rotatable bonds is 5. The van der Waals surface area contributed by atoms with Gasteiger partial charge in [0.2, 0.25) is 0 Å². The quantitative estimate of drug-likeness (QED) is 0.451. The van der Waals surface area contributed by atoms with Gasteiger partial charge in [-0.05, 0) is 17.9 Å². The molecule has 3 nitrogen and oxygen atoms in total. The van der Waals surface area contributed by atoms with Crippen LogP contribution in [0.4, 0.5) is 0 Å². The Balaban J connectivity index is 3.59. The van der Waals surface area contributed by atoms with E-state index in [0.717, 1.165) is 25.9 Å². The molecule has 65 valence electrons. The maximum atomic E-state index is 10.5. The minimum atomic E-state index is -0.230. The number of hydroxylamine groups is 2. The molecule has 0 saturated heterocycles. The first-order chi connectivity index (χ1) is 5.20. The van der Waals surface area contributed by atoms with Crippen LogP contribution in [0.15, 0.2) is 0 Å². The van der Waals surface area contributed by atoms with Gasteiger partial charge in [0, 0.05) is 0 Å². The number of nitrogens with zero attached hydrogens (tertiary/aromatic N) is 1. The zero-order valence-corrected chi connectivity index (χ0v) is 7.59. The third kappa shape index (κ3) is 5.85. The highest BCUT2D eigenvalue weighted by atomic mass is 16.7. The maximum Gasteiger partial charge on any atom is 0.594 e. The van der Waals surface area contributed by atoms with Gasteiger partial charge < -0.3 is 0 Å². The second-order valence-corrected chi connectivity index (χ2v) is 2.51. The standard InChI is InChI=1S/C8H17NO2/c1-4-6-9(7-5-2)11-8(3)10/h4-7H2,1-3H3/q+1. The Bertz CT molecular complexity index is 109. The predicted octanol–water partition coefficient (Wildman–Crippen LogP) is 1.59. The molecule has 0 heterocycles. The Hall–Kier alpha value is -0.570. The summed E-state index contributed by atoms with van der Waals surface area (Å²) in [4.78, 5) is 15.5. The van der Waals surface area contributed by atoms with Crippen LogP contribution in [0.5, 0.6) is 0 Å². The Morgan fingerprint density at radius 1 is 1.27 bits per heavy atom. The van der Waals surface area contributed by atoms with Gasteiger partial charge in [-0.3, -0.25) is 0 Å². The largest absolute Gasteiger partial charge is 0.594 e. The molecule has 0 spiro atoms. The zero-order chi connectivity index (χ0) is 8.69. The van der Waals surface area contributed by atoms with Crippen molar-refractivity contribution >= 4 is 5.97 Å². The van der Waals surface area contributed by atoms with Crippen molar-refractivity contribution in [2.75, 3.05) is 13.1 Å². The van der Waals surface area contributed by atoms with Crippen LogP contribution in [0.1, 0.15) is 33.6 Å². The van der Waals surface area contributed by atoms with E-state index >= 15 is 0 Å². The summed E-state index contributed by atoms with van der Waals surface area (Å²) in [5.41, 5.74) is 0. The minimum absolute atomic E-state index is 0.230. The molecule has 0 aliphatic rings. The first kappa shape index (κ1) is 10.4. The molecule has 0 aromatic rings. The molecule has 0 N–H and O–H groups in total. The lowest BCUT2D eigenvalue weighted by atomic mass is 10.4. The lowest BCUT2D eigenvalue weighted by molar-refractivity contribution is -0.187. The van der Waals surface area contributed by atoms with Gasteiger partial charge in [-0.2, -0.15) is 4.84 Å². The van der Waals surface area contributed by atoms with E-state index in [9.17, 15) is 4.79 Å². The summed E-state index contributed by atoms with van der Waals surface area (Å²) in [6.45, 7) is 7.21. The molecular weight excluding hydrogens is 142 g/mol. The minimum Gasteiger partial charge on any atom is -0.196 e. The van der Waals surface area contributed by atoms with Gasteiger partial charge in [0.05, 0.1) is 17.9 Å². The molecule has 1 radical (unpaired) electrons. The summed E-state index contributed by atoms with van der Waals surface area (Å²) in [5, 5.41) is 1.71. The molecule has 0 unspecified atom stereocenters. The molecule has 0 aliphatic carbocycles. The fourth-order valence-electron chi connectivity index (χ4n) is 0.884. The fourth-order valence-corrected chi connectivity index (χ4v) is 0.884. The van der Waals surface area contributed by atoms with Crippen molar-refractivity contribution < 1.29 is 9.63 Å². The Morgan fingerprint density at radius 2 is 1.73 bits per heavy atom. The monoisotopic (exact) mass is 159 g/mol. The second-order valence-electron chi connectivity index (χ2n) is 2.51. The third-order valence-electron chi connectivity index (χ3n) is 1.20. The van der Waals surface area contributed by atoms with Crippen molar-refractivity contribution in [3.63, 3.8) is 0 Å². The van der Waals surface area contributed by atoms with Gasteiger partial charge in [0.1, 0.15) is 6.92 Å². The highest BCUT2D eigenvalue weighted by Crippen LogP contribution is 1.95. The van der Waals surface area contributed by atoms with Gasteiger partial charge in [0.25, 0.3) is 0 Å². The molecule has 0 amide bonds. The van der Waals surface area contributed by atoms with Crippen molar-refractivity contribution in [1.29, 1.82) is 0 Å². The molecule has 0 fully saturated rings. The average molecular weight is 159 g/mol. The van der Waals surface area contributed by atoms with E-state index in [1.807, 2.05) is 0 Å². The van der Waals surface area contributed by atoms with Crippen molar-refractivity contribution in [3.8, 4) is 0 Å². The van der Waals surface area contributed by atoms with Crippen LogP contribution >= 0.6 is 0 Å². The van der Waals surface area contributed by atoms with Crippen molar-refractivity contribution in [3.05, 3.63) is 0 Å². The van der Waals surface area contributed by atoms with Gasteiger partial charge in [-0.1, -0.05) is 13.8 Å². The van der Waals surface area contributed by atoms with E-state index in [1.165, 1.54) is 6.92 Å². The van der Waals surface area contributed by atoms with Crippen LogP contribution in [-0.2, 0) is 9.63 Å². The van der Waals surface area contributed by atoms with Crippen LogP contribution in [-0.4, -0.2) is 24.1 Å². The first-order valence-electron chi connectivity index (χ1n) is 4.14. The molecule has 0 aromatic heterocycles. The zero-order valence-electron chi connectivity index (χ0n) is 7.59. The summed E-state index contributed by atoms with van der Waals surface area (Å²) >= 11 is 0. The number of hydrogen-bond acceptors (Lipinski definition) is 3. The first-order valence-corrected chi connectivity index (χ1v) is 4.14. The summed E-state index contributed by atoms with van der Waals surface area (Å²) in [6, 6.07) is 0. The molecule has 0 rings (SSSR count). The Labute approximate surface area is 68.3 Å². The fraction of sp³-hybridized carbons (Fsp3) is 0.875. The maximum absolute atomic E-state index is 10.5. The second kappa shape index (κ2) is 6.16. The van der Waals surface area contributed by atoms with Gasteiger partial charge in [-0.25, -0.2) is 0 Å². The summed E-state index contributed by atoms with van der Waals surface area (Å²) < 4.78 is 0. The van der Waals surface area contributed by atoms with E-state index in [-0.39, 0.29) is 5.97 Å². The topological polar surface area (TPSA) is 32.4 Å². The number of hydrogen-bond donors (Lipinski definition) is 0. The van der Waals surface area contributed by atoms with Gasteiger partial charge >= 0.3 is 5.97 Å². The smallest absolute Gasteiger partial charge is 0.196 e. The van der Waals surface area contributed by atoms with Crippen LogP contribution < -0.4 is 0 Å². The lowest BCUT2D eigenvalue weighted by Crippen LogP contribution is -2.27. The Morgan fingerprint density at radius 3 is 2.00 bits per heavy atom. The highest BCUT2D eigenvalue weighted by molar-refractivity contribution is 5.65.